The fourth-order valence-corrected chi connectivity index (χ4v) is 3.35. The maximum atomic E-state index is 12.5. The van der Waals surface area contributed by atoms with E-state index in [0.29, 0.717) is 27.9 Å². The number of aliphatic hydroxyl groups excluding tert-OH is 1. The zero-order valence-electron chi connectivity index (χ0n) is 13.7. The van der Waals surface area contributed by atoms with Crippen molar-refractivity contribution in [2.24, 2.45) is 0 Å². The van der Waals surface area contributed by atoms with Crippen molar-refractivity contribution in [1.82, 2.24) is 20.3 Å². The molecular formula is C18H18N4O2S. The number of rotatable bonds is 6. The van der Waals surface area contributed by atoms with Crippen molar-refractivity contribution in [1.29, 1.82) is 0 Å². The van der Waals surface area contributed by atoms with Gasteiger partial charge in [0.1, 0.15) is 4.88 Å². The van der Waals surface area contributed by atoms with Crippen LogP contribution in [-0.4, -0.2) is 39.1 Å². The Labute approximate surface area is 149 Å². The van der Waals surface area contributed by atoms with Crippen LogP contribution in [0.3, 0.4) is 0 Å². The lowest BCUT2D eigenvalue weighted by molar-refractivity contribution is 0.0951. The monoisotopic (exact) mass is 354 g/mol. The molecule has 1 atom stereocenters. The smallest absolute Gasteiger partial charge is 0.263 e. The van der Waals surface area contributed by atoms with Gasteiger partial charge in [-0.25, -0.2) is 15.0 Å². The van der Waals surface area contributed by atoms with Crippen molar-refractivity contribution in [3.63, 3.8) is 0 Å². The van der Waals surface area contributed by atoms with Crippen molar-refractivity contribution in [3.8, 4) is 10.8 Å². The van der Waals surface area contributed by atoms with Gasteiger partial charge in [-0.05, 0) is 18.6 Å². The van der Waals surface area contributed by atoms with E-state index in [0.717, 1.165) is 5.56 Å². The highest BCUT2D eigenvalue weighted by Crippen LogP contribution is 2.25. The van der Waals surface area contributed by atoms with Crippen molar-refractivity contribution in [2.45, 2.75) is 12.8 Å². The fraction of sp³-hybridized carbons (Fsp3) is 0.222. The van der Waals surface area contributed by atoms with E-state index in [1.54, 1.807) is 25.4 Å². The number of carbonyl (C=O) groups excluding carboxylic acids is 1. The standard InChI is InChI=1S/C18H18N4O2S/c1-12-15(25-18(22-12)16-19-8-5-9-20-16)17(24)21-10-14(11-23)13-6-3-2-4-7-13/h2-9,14,23H,10-11H2,1H3,(H,21,24). The quantitative estimate of drug-likeness (QED) is 0.710. The lowest BCUT2D eigenvalue weighted by Gasteiger charge is -2.15. The first kappa shape index (κ1) is 17.2. The highest BCUT2D eigenvalue weighted by molar-refractivity contribution is 7.17. The number of thiazole rings is 1. The minimum Gasteiger partial charge on any atom is -0.396 e. The molecule has 0 saturated heterocycles. The molecule has 0 spiro atoms. The molecule has 6 nitrogen and oxygen atoms in total. The van der Waals surface area contributed by atoms with Crippen LogP contribution in [0.15, 0.2) is 48.8 Å². The van der Waals surface area contributed by atoms with E-state index in [2.05, 4.69) is 20.3 Å². The zero-order valence-corrected chi connectivity index (χ0v) is 14.5. The third kappa shape index (κ3) is 4.07. The molecule has 0 bridgehead atoms. The van der Waals surface area contributed by atoms with E-state index < -0.39 is 0 Å². The van der Waals surface area contributed by atoms with Crippen molar-refractivity contribution in [3.05, 3.63) is 64.9 Å². The topological polar surface area (TPSA) is 88.0 Å². The SMILES string of the molecule is Cc1nc(-c2ncccn2)sc1C(=O)NCC(CO)c1ccccc1. The van der Waals surface area contributed by atoms with Gasteiger partial charge in [0, 0.05) is 24.9 Å². The number of aliphatic hydroxyl groups is 1. The highest BCUT2D eigenvalue weighted by Gasteiger charge is 2.19. The van der Waals surface area contributed by atoms with Crippen LogP contribution in [0.4, 0.5) is 0 Å². The summed E-state index contributed by atoms with van der Waals surface area (Å²) >= 11 is 1.27. The lowest BCUT2D eigenvalue weighted by atomic mass is 10.0. The molecule has 0 radical (unpaired) electrons. The molecule has 3 aromatic rings. The second-order valence-corrected chi connectivity index (χ2v) is 6.51. The van der Waals surface area contributed by atoms with E-state index in [1.807, 2.05) is 30.3 Å². The van der Waals surface area contributed by atoms with Crippen LogP contribution in [0, 0.1) is 6.92 Å². The number of aromatic nitrogens is 3. The van der Waals surface area contributed by atoms with Gasteiger partial charge in [0.25, 0.3) is 5.91 Å². The average molecular weight is 354 g/mol. The number of amides is 1. The Balaban J connectivity index is 1.70. The van der Waals surface area contributed by atoms with Crippen LogP contribution < -0.4 is 5.32 Å². The molecule has 1 unspecified atom stereocenters. The van der Waals surface area contributed by atoms with Crippen molar-refractivity contribution < 1.29 is 9.90 Å². The summed E-state index contributed by atoms with van der Waals surface area (Å²) in [5, 5.41) is 13.1. The summed E-state index contributed by atoms with van der Waals surface area (Å²) in [6.07, 6.45) is 3.29. The van der Waals surface area contributed by atoms with Crippen LogP contribution in [0.2, 0.25) is 0 Å². The predicted octanol–water partition coefficient (Wildman–Crippen LogP) is 2.41. The Hall–Kier alpha value is -2.64. The first-order valence-corrected chi connectivity index (χ1v) is 8.69. The third-order valence-electron chi connectivity index (χ3n) is 3.76. The highest BCUT2D eigenvalue weighted by atomic mass is 32.1. The molecule has 0 aliphatic rings. The first-order chi connectivity index (χ1) is 12.2. The Kier molecular flexibility index (Phi) is 5.47. The number of benzene rings is 1. The predicted molar refractivity (Wildman–Crippen MR) is 96.5 cm³/mol. The summed E-state index contributed by atoms with van der Waals surface area (Å²) in [7, 11) is 0. The van der Waals surface area contributed by atoms with Gasteiger partial charge in [-0.1, -0.05) is 30.3 Å². The maximum absolute atomic E-state index is 12.5. The summed E-state index contributed by atoms with van der Waals surface area (Å²) in [5.41, 5.74) is 1.63. The van der Waals surface area contributed by atoms with Gasteiger partial charge >= 0.3 is 0 Å². The molecule has 3 rings (SSSR count). The zero-order chi connectivity index (χ0) is 17.6. The molecular weight excluding hydrogens is 336 g/mol. The molecule has 7 heteroatoms. The van der Waals surface area contributed by atoms with E-state index >= 15 is 0 Å². The Morgan fingerprint density at radius 3 is 2.60 bits per heavy atom. The lowest BCUT2D eigenvalue weighted by Crippen LogP contribution is -2.29. The number of carbonyl (C=O) groups is 1. The van der Waals surface area contributed by atoms with Gasteiger partial charge in [-0.3, -0.25) is 4.79 Å². The number of nitrogens with one attached hydrogen (secondary N) is 1. The van der Waals surface area contributed by atoms with Crippen LogP contribution in [0.1, 0.15) is 26.8 Å². The fourth-order valence-electron chi connectivity index (χ4n) is 2.42. The molecule has 0 aliphatic heterocycles. The van der Waals surface area contributed by atoms with E-state index in [4.69, 9.17) is 0 Å². The summed E-state index contributed by atoms with van der Waals surface area (Å²) in [6.45, 7) is 2.11. The number of hydrogen-bond donors (Lipinski definition) is 2. The molecule has 2 N–H and O–H groups in total. The normalized spacial score (nSPS) is 11.9. The van der Waals surface area contributed by atoms with Gasteiger partial charge in [0.05, 0.1) is 12.3 Å². The largest absolute Gasteiger partial charge is 0.396 e. The van der Waals surface area contributed by atoms with Gasteiger partial charge in [-0.2, -0.15) is 0 Å². The Morgan fingerprint density at radius 1 is 1.20 bits per heavy atom. The molecule has 2 aromatic heterocycles. The second-order valence-electron chi connectivity index (χ2n) is 5.51. The maximum Gasteiger partial charge on any atom is 0.263 e. The molecule has 1 amide bonds. The summed E-state index contributed by atoms with van der Waals surface area (Å²) in [6, 6.07) is 11.4. The molecule has 2 heterocycles. The van der Waals surface area contributed by atoms with E-state index in [-0.39, 0.29) is 18.4 Å². The van der Waals surface area contributed by atoms with Crippen LogP contribution >= 0.6 is 11.3 Å². The third-order valence-corrected chi connectivity index (χ3v) is 4.91. The molecule has 1 aromatic carbocycles. The molecule has 0 aliphatic carbocycles. The van der Waals surface area contributed by atoms with Crippen LogP contribution in [0.5, 0.6) is 0 Å². The molecule has 0 saturated carbocycles. The van der Waals surface area contributed by atoms with Gasteiger partial charge in [0.2, 0.25) is 0 Å². The Morgan fingerprint density at radius 2 is 1.92 bits per heavy atom. The molecule has 0 fully saturated rings. The summed E-state index contributed by atoms with van der Waals surface area (Å²) in [4.78, 5) is 25.7. The second kappa shape index (κ2) is 7.96. The first-order valence-electron chi connectivity index (χ1n) is 7.88. The van der Waals surface area contributed by atoms with Crippen LogP contribution in [0.25, 0.3) is 10.8 Å². The van der Waals surface area contributed by atoms with Gasteiger partial charge in [-0.15, -0.1) is 11.3 Å². The minimum atomic E-state index is -0.202. The average Bonchev–Trinajstić information content (AvgIpc) is 3.05. The van der Waals surface area contributed by atoms with Gasteiger partial charge < -0.3 is 10.4 Å². The van der Waals surface area contributed by atoms with E-state index in [1.165, 1.54) is 11.3 Å². The van der Waals surface area contributed by atoms with Crippen molar-refractivity contribution in [2.75, 3.05) is 13.2 Å². The van der Waals surface area contributed by atoms with Crippen molar-refractivity contribution >= 4 is 17.2 Å². The molecule has 25 heavy (non-hydrogen) atoms. The summed E-state index contributed by atoms with van der Waals surface area (Å²) < 4.78 is 0. The minimum absolute atomic E-state index is 0.0327. The van der Waals surface area contributed by atoms with Crippen LogP contribution in [-0.2, 0) is 0 Å². The van der Waals surface area contributed by atoms with E-state index in [9.17, 15) is 9.90 Å². The molecule has 128 valence electrons. The number of aryl methyl sites for hydroxylation is 1. The summed E-state index contributed by atoms with van der Waals surface area (Å²) in [5.74, 6) is 0.161. The number of nitrogens with zero attached hydrogens (tertiary/aromatic N) is 3. The Bertz CT molecular complexity index is 837. The number of hydrogen-bond acceptors (Lipinski definition) is 6. The van der Waals surface area contributed by atoms with Gasteiger partial charge in [0.15, 0.2) is 10.8 Å².